The molecule has 7 atom stereocenters. The molecule has 3 aliphatic carbocycles. The van der Waals surface area contributed by atoms with E-state index in [9.17, 15) is 20.1 Å². The van der Waals surface area contributed by atoms with Gasteiger partial charge in [0, 0.05) is 20.5 Å². The first-order valence-electron chi connectivity index (χ1n) is 11.9. The van der Waals surface area contributed by atoms with E-state index in [4.69, 9.17) is 0 Å². The number of allylic oxidation sites excluding steroid dienone is 3. The Morgan fingerprint density at radius 3 is 2.68 bits per heavy atom. The molecule has 3 aliphatic rings. The summed E-state index contributed by atoms with van der Waals surface area (Å²) in [7, 11) is 3.47. The van der Waals surface area contributed by atoms with Crippen molar-refractivity contribution in [3.8, 4) is 0 Å². The van der Waals surface area contributed by atoms with Crippen LogP contribution in [0, 0.1) is 23.2 Å². The normalized spacial score (nSPS) is 38.2. The minimum Gasteiger partial charge on any atom is -0.393 e. The van der Waals surface area contributed by atoms with Crippen molar-refractivity contribution >= 4 is 5.91 Å². The van der Waals surface area contributed by atoms with Crippen LogP contribution in [0.3, 0.4) is 0 Å². The molecular weight excluding hydrogens is 390 g/mol. The van der Waals surface area contributed by atoms with E-state index in [1.807, 2.05) is 0 Å². The fraction of sp³-hybridized carbons (Fsp3) is 0.731. The zero-order chi connectivity index (χ0) is 22.9. The fourth-order valence-corrected chi connectivity index (χ4v) is 6.42. The van der Waals surface area contributed by atoms with Gasteiger partial charge in [-0.05, 0) is 72.8 Å². The van der Waals surface area contributed by atoms with Crippen molar-refractivity contribution in [1.82, 2.24) is 4.90 Å². The Bertz CT molecular complexity index is 755. The second-order valence-electron chi connectivity index (χ2n) is 10.6. The van der Waals surface area contributed by atoms with Crippen molar-refractivity contribution in [2.45, 2.75) is 83.5 Å². The average molecular weight is 432 g/mol. The minimum atomic E-state index is -0.659. The highest BCUT2D eigenvalue weighted by atomic mass is 16.3. The van der Waals surface area contributed by atoms with Crippen molar-refractivity contribution in [2.75, 3.05) is 14.1 Å². The molecule has 3 rings (SSSR count). The molecule has 1 unspecified atom stereocenters. The molecule has 3 saturated carbocycles. The molecule has 0 bridgehead atoms. The Balaban J connectivity index is 1.76. The van der Waals surface area contributed by atoms with E-state index in [2.05, 4.69) is 32.6 Å². The van der Waals surface area contributed by atoms with Crippen LogP contribution < -0.4 is 0 Å². The Hall–Kier alpha value is -1.43. The summed E-state index contributed by atoms with van der Waals surface area (Å²) in [4.78, 5) is 13.7. The van der Waals surface area contributed by atoms with E-state index < -0.39 is 18.3 Å². The molecule has 5 heteroatoms. The maximum absolute atomic E-state index is 12.1. The van der Waals surface area contributed by atoms with Gasteiger partial charge in [-0.3, -0.25) is 4.79 Å². The van der Waals surface area contributed by atoms with Gasteiger partial charge in [-0.2, -0.15) is 0 Å². The standard InChI is InChI=1S/C26H41NO4/c1-16-19(13-20(28)14-23(16)29)9-8-18-7-6-12-26(3)21(10-11-22(18)26)17(2)24(30)15-25(31)27(4)5/h8-9,17,20-24,28-30H,1,6-7,10-15H2,2-5H3/b18-8?,19-9-/t17-,20-,21+,22-,23+,24?,26+/m0/s1. The molecule has 0 aliphatic heterocycles. The van der Waals surface area contributed by atoms with Gasteiger partial charge in [0.1, 0.15) is 0 Å². The number of rotatable bonds is 5. The number of carbonyl (C=O) groups excluding carboxylic acids is 1. The first-order valence-corrected chi connectivity index (χ1v) is 11.9. The Morgan fingerprint density at radius 2 is 2.00 bits per heavy atom. The van der Waals surface area contributed by atoms with Crippen LogP contribution >= 0.6 is 0 Å². The van der Waals surface area contributed by atoms with Crippen LogP contribution in [-0.4, -0.2) is 58.5 Å². The number of hydrogen-bond donors (Lipinski definition) is 3. The van der Waals surface area contributed by atoms with Gasteiger partial charge in [-0.15, -0.1) is 0 Å². The van der Waals surface area contributed by atoms with Crippen molar-refractivity contribution in [1.29, 1.82) is 0 Å². The van der Waals surface area contributed by atoms with E-state index in [-0.39, 0.29) is 23.7 Å². The van der Waals surface area contributed by atoms with Crippen molar-refractivity contribution in [2.24, 2.45) is 23.2 Å². The Morgan fingerprint density at radius 1 is 1.29 bits per heavy atom. The quantitative estimate of drug-likeness (QED) is 0.621. The highest BCUT2D eigenvalue weighted by Gasteiger charge is 2.51. The molecule has 0 saturated heterocycles. The molecule has 0 spiro atoms. The first-order chi connectivity index (χ1) is 14.5. The van der Waals surface area contributed by atoms with Gasteiger partial charge in [0.15, 0.2) is 0 Å². The maximum atomic E-state index is 12.1. The van der Waals surface area contributed by atoms with E-state index >= 15 is 0 Å². The number of amides is 1. The van der Waals surface area contributed by atoms with Gasteiger partial charge in [0.2, 0.25) is 5.91 Å². The third-order valence-electron chi connectivity index (χ3n) is 8.43. The molecule has 1 amide bonds. The van der Waals surface area contributed by atoms with Crippen LogP contribution in [0.1, 0.15) is 65.2 Å². The number of carbonyl (C=O) groups is 1. The van der Waals surface area contributed by atoms with Crippen molar-refractivity contribution in [3.63, 3.8) is 0 Å². The van der Waals surface area contributed by atoms with Crippen LogP contribution in [0.2, 0.25) is 0 Å². The van der Waals surface area contributed by atoms with Gasteiger partial charge in [-0.25, -0.2) is 0 Å². The van der Waals surface area contributed by atoms with Crippen LogP contribution in [0.5, 0.6) is 0 Å². The van der Waals surface area contributed by atoms with Crippen LogP contribution in [0.25, 0.3) is 0 Å². The molecular formula is C26H41NO4. The largest absolute Gasteiger partial charge is 0.393 e. The third kappa shape index (κ3) is 4.99. The SMILES string of the molecule is C=C1/C(=C\C=C2CCC[C@]3(C)[C@@H]([C@H](C)C(O)CC(=O)N(C)C)CC[C@@H]23)C[C@H](O)C[C@H]1O. The molecule has 3 fully saturated rings. The number of hydrogen-bond acceptors (Lipinski definition) is 4. The molecule has 174 valence electrons. The van der Waals surface area contributed by atoms with Crippen molar-refractivity contribution < 1.29 is 20.1 Å². The topological polar surface area (TPSA) is 81.0 Å². The Kier molecular flexibility index (Phi) is 7.50. The first kappa shape index (κ1) is 24.2. The third-order valence-corrected chi connectivity index (χ3v) is 8.43. The summed E-state index contributed by atoms with van der Waals surface area (Å²) in [6.07, 6.45) is 9.15. The second kappa shape index (κ2) is 9.60. The predicted octanol–water partition coefficient (Wildman–Crippen LogP) is 3.60. The molecule has 0 aromatic heterocycles. The highest BCUT2D eigenvalue weighted by molar-refractivity contribution is 5.76. The van der Waals surface area contributed by atoms with Gasteiger partial charge in [0.05, 0.1) is 24.7 Å². The fourth-order valence-electron chi connectivity index (χ4n) is 6.42. The number of nitrogens with zero attached hydrogens (tertiary/aromatic N) is 1. The molecule has 0 aromatic rings. The zero-order valence-corrected chi connectivity index (χ0v) is 19.7. The molecule has 5 nitrogen and oxygen atoms in total. The van der Waals surface area contributed by atoms with Gasteiger partial charge < -0.3 is 20.2 Å². The minimum absolute atomic E-state index is 0.0213. The molecule has 31 heavy (non-hydrogen) atoms. The highest BCUT2D eigenvalue weighted by Crippen LogP contribution is 2.59. The summed E-state index contributed by atoms with van der Waals surface area (Å²) in [6, 6.07) is 0. The van der Waals surface area contributed by atoms with Gasteiger partial charge >= 0.3 is 0 Å². The van der Waals surface area contributed by atoms with Gasteiger partial charge in [0.25, 0.3) is 0 Å². The maximum Gasteiger partial charge on any atom is 0.224 e. The number of aliphatic hydroxyl groups excluding tert-OH is 3. The summed E-state index contributed by atoms with van der Waals surface area (Å²) < 4.78 is 0. The number of fused-ring (bicyclic) bond motifs is 1. The lowest BCUT2D eigenvalue weighted by Crippen LogP contribution is -2.40. The molecule has 0 aromatic carbocycles. The smallest absolute Gasteiger partial charge is 0.224 e. The summed E-state index contributed by atoms with van der Waals surface area (Å²) in [5.74, 6) is 0.938. The lowest BCUT2D eigenvalue weighted by Gasteiger charge is -2.45. The van der Waals surface area contributed by atoms with E-state index in [1.165, 1.54) is 5.57 Å². The van der Waals surface area contributed by atoms with Gasteiger partial charge in [-0.1, -0.05) is 38.2 Å². The van der Waals surface area contributed by atoms with Crippen LogP contribution in [-0.2, 0) is 4.79 Å². The summed E-state index contributed by atoms with van der Waals surface area (Å²) in [5, 5.41) is 30.9. The van der Waals surface area contributed by atoms with Crippen LogP contribution in [0.4, 0.5) is 0 Å². The lowest BCUT2D eigenvalue weighted by atomic mass is 9.60. The predicted molar refractivity (Wildman–Crippen MR) is 123 cm³/mol. The summed E-state index contributed by atoms with van der Waals surface area (Å²) >= 11 is 0. The molecule has 0 radical (unpaired) electrons. The van der Waals surface area contributed by atoms with E-state index in [0.717, 1.165) is 43.3 Å². The summed E-state index contributed by atoms with van der Waals surface area (Å²) in [5.41, 5.74) is 3.25. The number of aliphatic hydroxyl groups is 3. The lowest BCUT2D eigenvalue weighted by molar-refractivity contribution is -0.132. The van der Waals surface area contributed by atoms with E-state index in [0.29, 0.717) is 24.7 Å². The zero-order valence-electron chi connectivity index (χ0n) is 19.7. The van der Waals surface area contributed by atoms with E-state index in [1.54, 1.807) is 19.0 Å². The van der Waals surface area contributed by atoms with Crippen LogP contribution in [0.15, 0.2) is 35.5 Å². The van der Waals surface area contributed by atoms with Crippen molar-refractivity contribution in [3.05, 3.63) is 35.5 Å². The molecule has 0 heterocycles. The second-order valence-corrected chi connectivity index (χ2v) is 10.6. The summed E-state index contributed by atoms with van der Waals surface area (Å²) in [6.45, 7) is 8.51. The monoisotopic (exact) mass is 431 g/mol. The Labute approximate surface area is 187 Å². The average Bonchev–Trinajstić information content (AvgIpc) is 3.06. The molecule has 3 N–H and O–H groups in total.